The third-order valence-corrected chi connectivity index (χ3v) is 2.06. The summed E-state index contributed by atoms with van der Waals surface area (Å²) in [6, 6.07) is 0. The predicted octanol–water partition coefficient (Wildman–Crippen LogP) is 1.05. The van der Waals surface area contributed by atoms with Crippen molar-refractivity contribution in [2.75, 3.05) is 19.8 Å². The van der Waals surface area contributed by atoms with Gasteiger partial charge in [0.05, 0.1) is 6.10 Å². The van der Waals surface area contributed by atoms with E-state index in [2.05, 4.69) is 0 Å². The summed E-state index contributed by atoms with van der Waals surface area (Å²) in [6.45, 7) is 1.21. The molecule has 1 aliphatic heterocycles. The maximum Gasteiger partial charge on any atom is 0.329 e. The lowest BCUT2D eigenvalue weighted by atomic mass is 10.1. The normalized spacial score (nSPS) is 22.0. The fourth-order valence-corrected chi connectivity index (χ4v) is 1.44. The van der Waals surface area contributed by atoms with Crippen LogP contribution in [0.3, 0.4) is 0 Å². The Balaban J connectivity index is 1.86. The minimum Gasteiger partial charge on any atom is -0.480 e. The first-order valence-corrected chi connectivity index (χ1v) is 4.70. The van der Waals surface area contributed by atoms with Crippen LogP contribution < -0.4 is 0 Å². The molecule has 1 rings (SSSR count). The molecule has 0 aromatic carbocycles. The Morgan fingerprint density at radius 3 is 3.08 bits per heavy atom. The third kappa shape index (κ3) is 4.85. The van der Waals surface area contributed by atoms with Crippen LogP contribution in [0.4, 0.5) is 0 Å². The molecule has 0 aromatic rings. The van der Waals surface area contributed by atoms with E-state index in [-0.39, 0.29) is 6.61 Å². The molecule has 0 aliphatic carbocycles. The summed E-state index contributed by atoms with van der Waals surface area (Å²) < 4.78 is 10.3. The van der Waals surface area contributed by atoms with Crippen molar-refractivity contribution in [1.82, 2.24) is 0 Å². The van der Waals surface area contributed by atoms with E-state index in [4.69, 9.17) is 14.6 Å². The summed E-state index contributed by atoms with van der Waals surface area (Å²) in [4.78, 5) is 10.1. The number of rotatable bonds is 6. The predicted molar refractivity (Wildman–Crippen MR) is 46.7 cm³/mol. The number of ether oxygens (including phenoxy) is 2. The van der Waals surface area contributed by atoms with Crippen molar-refractivity contribution in [3.05, 3.63) is 0 Å². The van der Waals surface area contributed by atoms with Gasteiger partial charge in [-0.15, -0.1) is 0 Å². The van der Waals surface area contributed by atoms with E-state index in [1.807, 2.05) is 0 Å². The Hall–Kier alpha value is -0.610. The number of carboxylic acids is 1. The molecular formula is C9H16O4. The van der Waals surface area contributed by atoms with Crippen LogP contribution >= 0.6 is 0 Å². The van der Waals surface area contributed by atoms with Crippen LogP contribution in [0.15, 0.2) is 0 Å². The highest BCUT2D eigenvalue weighted by Gasteiger charge is 2.14. The zero-order valence-electron chi connectivity index (χ0n) is 7.70. The van der Waals surface area contributed by atoms with Crippen molar-refractivity contribution in [2.45, 2.75) is 31.8 Å². The second-order valence-corrected chi connectivity index (χ2v) is 3.22. The Bertz CT molecular complexity index is 152. The molecule has 0 spiro atoms. The lowest BCUT2D eigenvalue weighted by Crippen LogP contribution is -2.10. The molecule has 1 unspecified atom stereocenters. The maximum atomic E-state index is 10.1. The van der Waals surface area contributed by atoms with Gasteiger partial charge >= 0.3 is 5.97 Å². The Labute approximate surface area is 77.8 Å². The van der Waals surface area contributed by atoms with Crippen LogP contribution in [0, 0.1) is 0 Å². The molecule has 4 nitrogen and oxygen atoms in total. The fraction of sp³-hybridized carbons (Fsp3) is 0.889. The minimum absolute atomic E-state index is 0.189. The van der Waals surface area contributed by atoms with Gasteiger partial charge in [-0.05, 0) is 25.7 Å². The summed E-state index contributed by atoms with van der Waals surface area (Å²) >= 11 is 0. The average Bonchev–Trinajstić information content (AvgIpc) is 2.55. The molecule has 0 bridgehead atoms. The maximum absolute atomic E-state index is 10.1. The molecule has 0 aromatic heterocycles. The van der Waals surface area contributed by atoms with Crippen molar-refractivity contribution >= 4 is 5.97 Å². The van der Waals surface area contributed by atoms with Gasteiger partial charge in [-0.2, -0.15) is 0 Å². The van der Waals surface area contributed by atoms with Gasteiger partial charge in [0, 0.05) is 13.2 Å². The first-order valence-electron chi connectivity index (χ1n) is 4.70. The van der Waals surface area contributed by atoms with E-state index >= 15 is 0 Å². The fourth-order valence-electron chi connectivity index (χ4n) is 1.44. The molecule has 13 heavy (non-hydrogen) atoms. The van der Waals surface area contributed by atoms with Gasteiger partial charge < -0.3 is 14.6 Å². The van der Waals surface area contributed by atoms with Crippen molar-refractivity contribution in [2.24, 2.45) is 0 Å². The molecule has 0 saturated carbocycles. The van der Waals surface area contributed by atoms with Gasteiger partial charge in [-0.3, -0.25) is 0 Å². The summed E-state index contributed by atoms with van der Waals surface area (Å²) in [5.74, 6) is -0.905. The summed E-state index contributed by atoms with van der Waals surface area (Å²) in [5.41, 5.74) is 0. The van der Waals surface area contributed by atoms with Gasteiger partial charge in [-0.1, -0.05) is 0 Å². The highest BCUT2D eigenvalue weighted by atomic mass is 16.5. The summed E-state index contributed by atoms with van der Waals surface area (Å²) in [6.07, 6.45) is 4.55. The van der Waals surface area contributed by atoms with E-state index < -0.39 is 5.97 Å². The molecule has 1 fully saturated rings. The quantitative estimate of drug-likeness (QED) is 0.633. The van der Waals surface area contributed by atoms with Crippen LogP contribution in [0.25, 0.3) is 0 Å². The number of aliphatic carboxylic acids is 1. The zero-order valence-corrected chi connectivity index (χ0v) is 7.70. The Morgan fingerprint density at radius 1 is 1.62 bits per heavy atom. The Kier molecular flexibility index (Phi) is 4.78. The standard InChI is InChI=1S/C9H16O4/c10-9(11)7-12-5-1-3-8-4-2-6-13-8/h8H,1-7H2,(H,10,11). The van der Waals surface area contributed by atoms with Crippen LogP contribution in [0.2, 0.25) is 0 Å². The molecule has 1 saturated heterocycles. The summed E-state index contributed by atoms with van der Waals surface area (Å²) in [7, 11) is 0. The van der Waals surface area contributed by atoms with Crippen molar-refractivity contribution in [3.63, 3.8) is 0 Å². The van der Waals surface area contributed by atoms with E-state index in [1.165, 1.54) is 0 Å². The van der Waals surface area contributed by atoms with Crippen LogP contribution in [-0.2, 0) is 14.3 Å². The number of hydrogen-bond acceptors (Lipinski definition) is 3. The Morgan fingerprint density at radius 2 is 2.46 bits per heavy atom. The van der Waals surface area contributed by atoms with Gasteiger partial charge in [0.15, 0.2) is 0 Å². The van der Waals surface area contributed by atoms with Gasteiger partial charge in [0.25, 0.3) is 0 Å². The van der Waals surface area contributed by atoms with E-state index in [0.29, 0.717) is 12.7 Å². The molecule has 0 radical (unpaired) electrons. The molecule has 4 heteroatoms. The first-order chi connectivity index (χ1) is 6.29. The van der Waals surface area contributed by atoms with Crippen LogP contribution in [0.1, 0.15) is 25.7 Å². The lowest BCUT2D eigenvalue weighted by molar-refractivity contribution is -0.142. The van der Waals surface area contributed by atoms with E-state index in [0.717, 1.165) is 32.3 Å². The highest BCUT2D eigenvalue weighted by molar-refractivity contribution is 5.67. The van der Waals surface area contributed by atoms with Crippen molar-refractivity contribution in [3.8, 4) is 0 Å². The molecule has 1 atom stereocenters. The molecule has 1 N–H and O–H groups in total. The van der Waals surface area contributed by atoms with Gasteiger partial charge in [0.1, 0.15) is 6.61 Å². The van der Waals surface area contributed by atoms with Crippen molar-refractivity contribution < 1.29 is 19.4 Å². The monoisotopic (exact) mass is 188 g/mol. The highest BCUT2D eigenvalue weighted by Crippen LogP contribution is 2.16. The SMILES string of the molecule is O=C(O)COCCCC1CCCO1. The molecular weight excluding hydrogens is 172 g/mol. The average molecular weight is 188 g/mol. The van der Waals surface area contributed by atoms with E-state index in [9.17, 15) is 4.79 Å². The van der Waals surface area contributed by atoms with Gasteiger partial charge in [0.2, 0.25) is 0 Å². The number of carbonyl (C=O) groups is 1. The van der Waals surface area contributed by atoms with Crippen LogP contribution in [-0.4, -0.2) is 37.0 Å². The molecule has 0 amide bonds. The first kappa shape index (κ1) is 10.5. The topological polar surface area (TPSA) is 55.8 Å². The molecule has 1 heterocycles. The summed E-state index contributed by atoms with van der Waals surface area (Å²) in [5, 5.41) is 8.27. The third-order valence-electron chi connectivity index (χ3n) is 2.06. The lowest BCUT2D eigenvalue weighted by Gasteiger charge is -2.07. The van der Waals surface area contributed by atoms with E-state index in [1.54, 1.807) is 0 Å². The number of carboxylic acid groups (broad SMARTS) is 1. The number of hydrogen-bond donors (Lipinski definition) is 1. The zero-order chi connectivity index (χ0) is 9.52. The minimum atomic E-state index is -0.905. The van der Waals surface area contributed by atoms with Crippen molar-refractivity contribution in [1.29, 1.82) is 0 Å². The second kappa shape index (κ2) is 5.94. The smallest absolute Gasteiger partial charge is 0.329 e. The van der Waals surface area contributed by atoms with Gasteiger partial charge in [-0.25, -0.2) is 4.79 Å². The van der Waals surface area contributed by atoms with Crippen LogP contribution in [0.5, 0.6) is 0 Å². The second-order valence-electron chi connectivity index (χ2n) is 3.22. The largest absolute Gasteiger partial charge is 0.480 e. The molecule has 1 aliphatic rings. The molecule has 76 valence electrons.